The normalized spacial score (nSPS) is 14.7. The number of para-hydroxylation sites is 1. The standard InChI is InChI=1S/C23H19ClF3N5O2/c24-21-17(14-20(33)31-10-8-30(9-11-31)15-5-2-1-3-6-15)29-32-19(23(25,26)27)13-16(28-22(21)32)18-7-4-12-34-18/h1-7,12-13H,8-11,14H2. The molecule has 34 heavy (non-hydrogen) atoms. The Morgan fingerprint density at radius 2 is 1.79 bits per heavy atom. The second-order valence-electron chi connectivity index (χ2n) is 7.88. The van der Waals surface area contributed by atoms with E-state index in [9.17, 15) is 18.0 Å². The van der Waals surface area contributed by atoms with Crippen LogP contribution in [0.1, 0.15) is 11.4 Å². The van der Waals surface area contributed by atoms with Crippen LogP contribution in [0.5, 0.6) is 0 Å². The van der Waals surface area contributed by atoms with Crippen molar-refractivity contribution in [3.63, 3.8) is 0 Å². The number of benzene rings is 1. The first-order valence-electron chi connectivity index (χ1n) is 10.6. The van der Waals surface area contributed by atoms with Gasteiger partial charge in [-0.1, -0.05) is 29.8 Å². The Morgan fingerprint density at radius 1 is 1.06 bits per heavy atom. The van der Waals surface area contributed by atoms with Gasteiger partial charge in [0, 0.05) is 31.9 Å². The first-order valence-corrected chi connectivity index (χ1v) is 11.0. The zero-order valence-electron chi connectivity index (χ0n) is 17.8. The summed E-state index contributed by atoms with van der Waals surface area (Å²) in [7, 11) is 0. The van der Waals surface area contributed by atoms with Crippen molar-refractivity contribution in [1.29, 1.82) is 0 Å². The van der Waals surface area contributed by atoms with Gasteiger partial charge >= 0.3 is 6.18 Å². The van der Waals surface area contributed by atoms with Gasteiger partial charge < -0.3 is 14.2 Å². The molecule has 4 aromatic rings. The molecular formula is C23H19ClF3N5O2. The first kappa shape index (κ1) is 22.3. The molecule has 0 unspecified atom stereocenters. The Morgan fingerprint density at radius 3 is 2.44 bits per heavy atom. The summed E-state index contributed by atoms with van der Waals surface area (Å²) in [6.45, 7) is 2.29. The van der Waals surface area contributed by atoms with Gasteiger partial charge in [-0.15, -0.1) is 0 Å². The minimum absolute atomic E-state index is 0.0264. The number of hydrogen-bond acceptors (Lipinski definition) is 5. The third-order valence-corrected chi connectivity index (χ3v) is 6.12. The zero-order chi connectivity index (χ0) is 23.9. The second kappa shape index (κ2) is 8.68. The highest BCUT2D eigenvalue weighted by molar-refractivity contribution is 6.34. The van der Waals surface area contributed by atoms with E-state index >= 15 is 0 Å². The lowest BCUT2D eigenvalue weighted by Gasteiger charge is -2.36. The molecule has 1 fully saturated rings. The highest BCUT2D eigenvalue weighted by Gasteiger charge is 2.36. The van der Waals surface area contributed by atoms with Crippen LogP contribution in [0.25, 0.3) is 17.1 Å². The Bertz CT molecular complexity index is 1310. The fourth-order valence-corrected chi connectivity index (χ4v) is 4.24. The van der Waals surface area contributed by atoms with Gasteiger partial charge in [0.05, 0.1) is 18.4 Å². The fraction of sp³-hybridized carbons (Fsp3) is 0.261. The minimum Gasteiger partial charge on any atom is -0.463 e. The van der Waals surface area contributed by atoms with E-state index in [1.54, 1.807) is 11.0 Å². The van der Waals surface area contributed by atoms with Gasteiger partial charge in [0.25, 0.3) is 0 Å². The number of aromatic nitrogens is 3. The van der Waals surface area contributed by atoms with E-state index in [2.05, 4.69) is 15.0 Å². The van der Waals surface area contributed by atoms with E-state index in [0.717, 1.165) is 11.8 Å². The largest absolute Gasteiger partial charge is 0.463 e. The third kappa shape index (κ3) is 4.21. The molecular weight excluding hydrogens is 471 g/mol. The number of carbonyl (C=O) groups excluding carboxylic acids is 1. The summed E-state index contributed by atoms with van der Waals surface area (Å²) in [6, 6.07) is 13.8. The molecule has 4 heterocycles. The lowest BCUT2D eigenvalue weighted by molar-refractivity contribution is -0.142. The summed E-state index contributed by atoms with van der Waals surface area (Å²) < 4.78 is 47.1. The van der Waals surface area contributed by atoms with Crippen molar-refractivity contribution in [1.82, 2.24) is 19.5 Å². The molecule has 0 atom stereocenters. The van der Waals surface area contributed by atoms with E-state index in [1.165, 1.54) is 12.3 Å². The van der Waals surface area contributed by atoms with E-state index in [1.807, 2.05) is 30.3 Å². The number of nitrogens with zero attached hydrogens (tertiary/aromatic N) is 5. The number of alkyl halides is 3. The summed E-state index contributed by atoms with van der Waals surface area (Å²) in [5.74, 6) is -0.0861. The SMILES string of the molecule is O=C(Cc1nn2c(C(F)(F)F)cc(-c3ccco3)nc2c1Cl)N1CCN(c2ccccc2)CC1. The number of halogens is 4. The number of furan rings is 1. The van der Waals surface area contributed by atoms with Crippen LogP contribution in [0.2, 0.25) is 5.02 Å². The summed E-state index contributed by atoms with van der Waals surface area (Å²) in [5, 5.41) is 3.92. The molecule has 0 saturated carbocycles. The maximum absolute atomic E-state index is 13.8. The van der Waals surface area contributed by atoms with Crippen molar-refractivity contribution in [2.24, 2.45) is 0 Å². The topological polar surface area (TPSA) is 66.9 Å². The molecule has 1 aliphatic heterocycles. The Labute approximate surface area is 197 Å². The van der Waals surface area contributed by atoms with E-state index < -0.39 is 11.9 Å². The molecule has 1 aliphatic rings. The first-order chi connectivity index (χ1) is 16.3. The van der Waals surface area contributed by atoms with Crippen molar-refractivity contribution in [2.75, 3.05) is 31.1 Å². The Balaban J connectivity index is 1.39. The zero-order valence-corrected chi connectivity index (χ0v) is 18.6. The summed E-state index contributed by atoms with van der Waals surface area (Å²) in [4.78, 5) is 21.0. The van der Waals surface area contributed by atoms with Crippen molar-refractivity contribution in [2.45, 2.75) is 12.6 Å². The monoisotopic (exact) mass is 489 g/mol. The number of hydrogen-bond donors (Lipinski definition) is 0. The fourth-order valence-electron chi connectivity index (χ4n) is 4.01. The van der Waals surface area contributed by atoms with Crippen molar-refractivity contribution in [3.05, 3.63) is 71.2 Å². The maximum atomic E-state index is 13.8. The average molecular weight is 490 g/mol. The molecule has 7 nitrogen and oxygen atoms in total. The average Bonchev–Trinajstić information content (AvgIpc) is 3.48. The number of carbonyl (C=O) groups is 1. The minimum atomic E-state index is -4.72. The summed E-state index contributed by atoms with van der Waals surface area (Å²) in [6.07, 6.45) is -3.60. The number of fused-ring (bicyclic) bond motifs is 1. The quantitative estimate of drug-likeness (QED) is 0.420. The second-order valence-corrected chi connectivity index (χ2v) is 8.26. The van der Waals surface area contributed by atoms with Crippen molar-refractivity contribution in [3.8, 4) is 11.5 Å². The van der Waals surface area contributed by atoms with E-state index in [4.69, 9.17) is 16.0 Å². The Kier molecular flexibility index (Phi) is 5.68. The molecule has 0 spiro atoms. The van der Waals surface area contributed by atoms with Crippen LogP contribution < -0.4 is 4.90 Å². The molecule has 176 valence electrons. The van der Waals surface area contributed by atoms with Gasteiger partial charge in [-0.05, 0) is 30.3 Å². The predicted octanol–water partition coefficient (Wildman–Crippen LogP) is 4.55. The molecule has 1 amide bonds. The number of anilines is 1. The molecule has 0 N–H and O–H groups in total. The van der Waals surface area contributed by atoms with Gasteiger partial charge in [-0.2, -0.15) is 18.3 Å². The maximum Gasteiger partial charge on any atom is 0.433 e. The van der Waals surface area contributed by atoms with Crippen molar-refractivity contribution >= 4 is 28.8 Å². The lowest BCUT2D eigenvalue weighted by Crippen LogP contribution is -2.49. The van der Waals surface area contributed by atoms with E-state index in [0.29, 0.717) is 30.7 Å². The number of rotatable bonds is 4. The van der Waals surface area contributed by atoms with Gasteiger partial charge in [-0.3, -0.25) is 4.79 Å². The number of piperazine rings is 1. The van der Waals surface area contributed by atoms with Gasteiger partial charge in [0.1, 0.15) is 10.7 Å². The van der Waals surface area contributed by atoms with Crippen LogP contribution in [0.15, 0.2) is 59.2 Å². The van der Waals surface area contributed by atoms with Crippen LogP contribution in [0.4, 0.5) is 18.9 Å². The highest BCUT2D eigenvalue weighted by atomic mass is 35.5. The van der Waals surface area contributed by atoms with Gasteiger partial charge in [0.15, 0.2) is 17.1 Å². The predicted molar refractivity (Wildman–Crippen MR) is 120 cm³/mol. The van der Waals surface area contributed by atoms with Crippen LogP contribution in [-0.4, -0.2) is 51.6 Å². The van der Waals surface area contributed by atoms with Crippen LogP contribution in [0, 0.1) is 0 Å². The van der Waals surface area contributed by atoms with Crippen LogP contribution in [0.3, 0.4) is 0 Å². The van der Waals surface area contributed by atoms with E-state index in [-0.39, 0.29) is 40.1 Å². The highest BCUT2D eigenvalue weighted by Crippen LogP contribution is 2.34. The van der Waals surface area contributed by atoms with Gasteiger partial charge in [0.2, 0.25) is 5.91 Å². The molecule has 0 bridgehead atoms. The molecule has 0 radical (unpaired) electrons. The third-order valence-electron chi connectivity index (χ3n) is 5.74. The Hall–Kier alpha value is -3.53. The van der Waals surface area contributed by atoms with Crippen LogP contribution in [-0.2, 0) is 17.4 Å². The lowest BCUT2D eigenvalue weighted by atomic mass is 10.2. The molecule has 0 aliphatic carbocycles. The van der Waals surface area contributed by atoms with Gasteiger partial charge in [-0.25, -0.2) is 9.50 Å². The number of amides is 1. The van der Waals surface area contributed by atoms with Crippen molar-refractivity contribution < 1.29 is 22.4 Å². The molecule has 5 rings (SSSR count). The van der Waals surface area contributed by atoms with Crippen LogP contribution >= 0.6 is 11.6 Å². The molecule has 1 saturated heterocycles. The molecule has 11 heteroatoms. The summed E-state index contributed by atoms with van der Waals surface area (Å²) >= 11 is 6.38. The molecule has 1 aromatic carbocycles. The summed E-state index contributed by atoms with van der Waals surface area (Å²) in [5.41, 5.74) is -0.134. The smallest absolute Gasteiger partial charge is 0.433 e. The molecule has 3 aromatic heterocycles.